The van der Waals surface area contributed by atoms with Gasteiger partial charge in [-0.3, -0.25) is 9.89 Å². The monoisotopic (exact) mass is 296 g/mol. The van der Waals surface area contributed by atoms with Crippen LogP contribution in [0.15, 0.2) is 4.99 Å². The second-order valence-corrected chi connectivity index (χ2v) is 7.11. The highest BCUT2D eigenvalue weighted by molar-refractivity contribution is 5.78. The lowest BCUT2D eigenvalue weighted by Gasteiger charge is -2.56. The lowest BCUT2D eigenvalue weighted by atomic mass is 9.58. The second kappa shape index (κ2) is 6.53. The summed E-state index contributed by atoms with van der Waals surface area (Å²) in [6.07, 6.45) is 2.80. The Morgan fingerprint density at radius 1 is 1.48 bits per heavy atom. The number of hydrogen-bond acceptors (Lipinski definition) is 3. The van der Waals surface area contributed by atoms with E-state index < -0.39 is 0 Å². The van der Waals surface area contributed by atoms with E-state index in [2.05, 4.69) is 42.9 Å². The standard InChI is InChI=1S/C16H32N4O/c1-6-20-9-7-8-12(20)10-18-15(17)19-13-11(2)14(21-5)16(13,3)4/h11-14H,6-10H2,1-5H3,(H3,17,18,19). The Kier molecular flexibility index (Phi) is 5.15. The van der Waals surface area contributed by atoms with Crippen molar-refractivity contribution < 1.29 is 4.74 Å². The molecule has 4 unspecified atom stereocenters. The summed E-state index contributed by atoms with van der Waals surface area (Å²) in [7, 11) is 1.79. The first-order valence-electron chi connectivity index (χ1n) is 8.25. The quantitative estimate of drug-likeness (QED) is 0.595. The van der Waals surface area contributed by atoms with E-state index in [4.69, 9.17) is 10.5 Å². The number of likely N-dealkylation sites (N-methyl/N-ethyl adjacent to an activating group) is 1. The zero-order valence-corrected chi connectivity index (χ0v) is 14.2. The molecule has 122 valence electrons. The topological polar surface area (TPSA) is 62.9 Å². The summed E-state index contributed by atoms with van der Waals surface area (Å²) >= 11 is 0. The van der Waals surface area contributed by atoms with E-state index in [0.717, 1.165) is 13.1 Å². The van der Waals surface area contributed by atoms with Crippen LogP contribution < -0.4 is 11.1 Å². The zero-order valence-electron chi connectivity index (χ0n) is 14.2. The van der Waals surface area contributed by atoms with Crippen molar-refractivity contribution in [2.75, 3.05) is 26.7 Å². The minimum absolute atomic E-state index is 0.0944. The Morgan fingerprint density at radius 2 is 2.19 bits per heavy atom. The van der Waals surface area contributed by atoms with Gasteiger partial charge in [0, 0.05) is 30.5 Å². The number of likely N-dealkylation sites (tertiary alicyclic amines) is 1. The van der Waals surface area contributed by atoms with E-state index in [1.54, 1.807) is 7.11 Å². The summed E-state index contributed by atoms with van der Waals surface area (Å²) in [5.74, 6) is 1.04. The van der Waals surface area contributed by atoms with Crippen molar-refractivity contribution in [1.82, 2.24) is 10.2 Å². The maximum atomic E-state index is 6.10. The predicted octanol–water partition coefficient (Wildman–Crippen LogP) is 1.43. The molecule has 0 aromatic heterocycles. The molecule has 1 aliphatic carbocycles. The Labute approximate surface area is 129 Å². The number of hydrogen-bond donors (Lipinski definition) is 2. The molecule has 5 nitrogen and oxygen atoms in total. The number of nitrogens with zero attached hydrogens (tertiary/aromatic N) is 2. The van der Waals surface area contributed by atoms with Gasteiger partial charge in [0.15, 0.2) is 5.96 Å². The molecule has 1 heterocycles. The van der Waals surface area contributed by atoms with Crippen LogP contribution in [0, 0.1) is 11.3 Å². The van der Waals surface area contributed by atoms with E-state index >= 15 is 0 Å². The van der Waals surface area contributed by atoms with Gasteiger partial charge in [-0.25, -0.2) is 0 Å². The van der Waals surface area contributed by atoms with Gasteiger partial charge in [0.1, 0.15) is 0 Å². The van der Waals surface area contributed by atoms with Crippen LogP contribution in [0.25, 0.3) is 0 Å². The number of guanidine groups is 1. The molecule has 0 bridgehead atoms. The lowest BCUT2D eigenvalue weighted by molar-refractivity contribution is -0.139. The molecular weight excluding hydrogens is 264 g/mol. The van der Waals surface area contributed by atoms with Gasteiger partial charge in [0.25, 0.3) is 0 Å². The van der Waals surface area contributed by atoms with E-state index in [0.29, 0.717) is 24.0 Å². The second-order valence-electron chi connectivity index (χ2n) is 7.11. The lowest BCUT2D eigenvalue weighted by Crippen LogP contribution is -2.68. The normalized spacial score (nSPS) is 36.5. The molecule has 0 amide bonds. The van der Waals surface area contributed by atoms with Crippen molar-refractivity contribution in [2.45, 2.75) is 58.7 Å². The first kappa shape index (κ1) is 16.6. The number of methoxy groups -OCH3 is 1. The number of aliphatic imine (C=N–C) groups is 1. The molecule has 2 fully saturated rings. The average Bonchev–Trinajstić information content (AvgIpc) is 2.90. The van der Waals surface area contributed by atoms with Gasteiger partial charge < -0.3 is 15.8 Å². The summed E-state index contributed by atoms with van der Waals surface area (Å²) in [6.45, 7) is 12.0. The van der Waals surface area contributed by atoms with Crippen LogP contribution in [0.4, 0.5) is 0 Å². The number of nitrogens with two attached hydrogens (primary N) is 1. The van der Waals surface area contributed by atoms with E-state index in [1.807, 2.05) is 0 Å². The summed E-state index contributed by atoms with van der Waals surface area (Å²) < 4.78 is 5.57. The largest absolute Gasteiger partial charge is 0.380 e. The smallest absolute Gasteiger partial charge is 0.188 e. The molecular formula is C16H32N4O. The van der Waals surface area contributed by atoms with Crippen LogP contribution in [0.3, 0.4) is 0 Å². The fourth-order valence-corrected chi connectivity index (χ4v) is 4.35. The summed E-state index contributed by atoms with van der Waals surface area (Å²) in [5, 5.41) is 3.41. The molecule has 2 aliphatic rings. The molecule has 2 rings (SSSR count). The highest BCUT2D eigenvalue weighted by Crippen LogP contribution is 2.46. The van der Waals surface area contributed by atoms with Crippen LogP contribution in [0.5, 0.6) is 0 Å². The summed E-state index contributed by atoms with van der Waals surface area (Å²) in [4.78, 5) is 7.07. The van der Waals surface area contributed by atoms with E-state index in [9.17, 15) is 0 Å². The Hall–Kier alpha value is -0.810. The third-order valence-electron chi connectivity index (χ3n) is 5.47. The minimum Gasteiger partial charge on any atom is -0.380 e. The van der Waals surface area contributed by atoms with Crippen molar-refractivity contribution in [3.63, 3.8) is 0 Å². The first-order chi connectivity index (χ1) is 9.91. The molecule has 0 aromatic carbocycles. The maximum Gasteiger partial charge on any atom is 0.188 e. The minimum atomic E-state index is 0.0944. The molecule has 21 heavy (non-hydrogen) atoms. The maximum absolute atomic E-state index is 6.10. The van der Waals surface area contributed by atoms with Crippen molar-refractivity contribution in [3.8, 4) is 0 Å². The van der Waals surface area contributed by atoms with Crippen LogP contribution in [-0.2, 0) is 4.74 Å². The van der Waals surface area contributed by atoms with Gasteiger partial charge in [-0.2, -0.15) is 0 Å². The predicted molar refractivity (Wildman–Crippen MR) is 87.4 cm³/mol. The van der Waals surface area contributed by atoms with Crippen LogP contribution in [-0.4, -0.2) is 55.8 Å². The fraction of sp³-hybridized carbons (Fsp3) is 0.938. The summed E-state index contributed by atoms with van der Waals surface area (Å²) in [6, 6.07) is 0.894. The molecule has 0 radical (unpaired) electrons. The van der Waals surface area contributed by atoms with Gasteiger partial charge in [-0.15, -0.1) is 0 Å². The van der Waals surface area contributed by atoms with Crippen molar-refractivity contribution >= 4 is 5.96 Å². The molecule has 0 aromatic rings. The van der Waals surface area contributed by atoms with Gasteiger partial charge in [0.05, 0.1) is 12.6 Å². The van der Waals surface area contributed by atoms with Crippen LogP contribution in [0.2, 0.25) is 0 Å². The SMILES string of the molecule is CCN1CCCC1CN=C(N)NC1C(C)C(OC)C1(C)C. The summed E-state index contributed by atoms with van der Waals surface area (Å²) in [5.41, 5.74) is 6.19. The number of rotatable bonds is 5. The molecule has 1 saturated heterocycles. The Morgan fingerprint density at radius 3 is 2.76 bits per heavy atom. The van der Waals surface area contributed by atoms with Crippen molar-refractivity contribution in [2.24, 2.45) is 22.1 Å². The Balaban J connectivity index is 1.87. The molecule has 4 atom stereocenters. The molecule has 0 spiro atoms. The Bertz CT molecular complexity index is 382. The highest BCUT2D eigenvalue weighted by atomic mass is 16.5. The number of ether oxygens (including phenoxy) is 1. The molecule has 1 aliphatic heterocycles. The van der Waals surface area contributed by atoms with Crippen LogP contribution in [0.1, 0.15) is 40.5 Å². The van der Waals surface area contributed by atoms with Gasteiger partial charge in [-0.05, 0) is 25.9 Å². The van der Waals surface area contributed by atoms with Gasteiger partial charge in [0.2, 0.25) is 0 Å². The average molecular weight is 296 g/mol. The van der Waals surface area contributed by atoms with Crippen molar-refractivity contribution in [1.29, 1.82) is 0 Å². The van der Waals surface area contributed by atoms with Gasteiger partial charge in [-0.1, -0.05) is 27.7 Å². The van der Waals surface area contributed by atoms with E-state index in [1.165, 1.54) is 19.4 Å². The molecule has 1 saturated carbocycles. The highest BCUT2D eigenvalue weighted by Gasteiger charge is 2.54. The van der Waals surface area contributed by atoms with E-state index in [-0.39, 0.29) is 11.5 Å². The third kappa shape index (κ3) is 3.19. The fourth-order valence-electron chi connectivity index (χ4n) is 4.35. The molecule has 5 heteroatoms. The van der Waals surface area contributed by atoms with Gasteiger partial charge >= 0.3 is 0 Å². The zero-order chi connectivity index (χ0) is 15.6. The molecule has 3 N–H and O–H groups in total. The number of nitrogens with one attached hydrogen (secondary N) is 1. The van der Waals surface area contributed by atoms with Crippen LogP contribution >= 0.6 is 0 Å². The first-order valence-corrected chi connectivity index (χ1v) is 8.25. The van der Waals surface area contributed by atoms with Crippen molar-refractivity contribution in [3.05, 3.63) is 0 Å². The third-order valence-corrected chi connectivity index (χ3v) is 5.47.